The van der Waals surface area contributed by atoms with Crippen LogP contribution in [0.15, 0.2) is 24.3 Å². The van der Waals surface area contributed by atoms with Gasteiger partial charge in [-0.05, 0) is 99.7 Å². The van der Waals surface area contributed by atoms with Crippen LogP contribution in [0.1, 0.15) is 88.2 Å². The zero-order valence-electron chi connectivity index (χ0n) is 17.1. The standard InChI is InChI=1S/C24H31F5/c1-2-3-4-5-16-6-8-17(9-7-16)18-10-12-19(13-11-18)20-14-21(25)23(22(26)15-20)24(27,28)29/h2-3,14-19H,4-13H2,1H3/b3-2+. The average Bonchev–Trinajstić information content (AvgIpc) is 2.67. The maximum atomic E-state index is 13.9. The lowest BCUT2D eigenvalue weighted by Crippen LogP contribution is -2.25. The number of benzene rings is 1. The smallest absolute Gasteiger partial charge is 0.206 e. The van der Waals surface area contributed by atoms with Crippen LogP contribution in [0, 0.1) is 29.4 Å². The molecule has 0 bridgehead atoms. The zero-order valence-corrected chi connectivity index (χ0v) is 17.1. The highest BCUT2D eigenvalue weighted by molar-refractivity contribution is 5.30. The fourth-order valence-electron chi connectivity index (χ4n) is 5.47. The van der Waals surface area contributed by atoms with Gasteiger partial charge in [0, 0.05) is 0 Å². The van der Waals surface area contributed by atoms with Crippen LogP contribution in [0.2, 0.25) is 0 Å². The molecule has 0 spiro atoms. The van der Waals surface area contributed by atoms with Gasteiger partial charge < -0.3 is 0 Å². The number of alkyl halides is 3. The Morgan fingerprint density at radius 3 is 1.86 bits per heavy atom. The highest BCUT2D eigenvalue weighted by Gasteiger charge is 2.39. The maximum Gasteiger partial charge on any atom is 0.422 e. The summed E-state index contributed by atoms with van der Waals surface area (Å²) in [4.78, 5) is 0. The van der Waals surface area contributed by atoms with Crippen molar-refractivity contribution >= 4 is 0 Å². The molecule has 3 rings (SSSR count). The van der Waals surface area contributed by atoms with Crippen molar-refractivity contribution in [3.05, 3.63) is 47.0 Å². The Labute approximate surface area is 170 Å². The van der Waals surface area contributed by atoms with Crippen LogP contribution < -0.4 is 0 Å². The molecule has 162 valence electrons. The van der Waals surface area contributed by atoms with E-state index in [9.17, 15) is 22.0 Å². The van der Waals surface area contributed by atoms with Crippen molar-refractivity contribution in [2.24, 2.45) is 17.8 Å². The molecule has 2 aliphatic rings. The highest BCUT2D eigenvalue weighted by atomic mass is 19.4. The average molecular weight is 415 g/mol. The van der Waals surface area contributed by atoms with Crippen LogP contribution in [0.3, 0.4) is 0 Å². The molecule has 0 aliphatic heterocycles. The third-order valence-electron chi connectivity index (χ3n) is 7.13. The van der Waals surface area contributed by atoms with Gasteiger partial charge in [0.25, 0.3) is 0 Å². The van der Waals surface area contributed by atoms with E-state index in [1.54, 1.807) is 0 Å². The molecule has 2 fully saturated rings. The molecular formula is C24H31F5. The second kappa shape index (κ2) is 9.61. The number of rotatable bonds is 5. The van der Waals surface area contributed by atoms with Gasteiger partial charge in [-0.15, -0.1) is 0 Å². The van der Waals surface area contributed by atoms with Crippen LogP contribution in [0.5, 0.6) is 0 Å². The van der Waals surface area contributed by atoms with Crippen LogP contribution in [-0.2, 0) is 6.18 Å². The van der Waals surface area contributed by atoms with Gasteiger partial charge in [-0.25, -0.2) is 8.78 Å². The lowest BCUT2D eigenvalue weighted by molar-refractivity contribution is -0.142. The van der Waals surface area contributed by atoms with Gasteiger partial charge in [-0.2, -0.15) is 13.2 Å². The fraction of sp³-hybridized carbons (Fsp3) is 0.667. The molecular weight excluding hydrogens is 383 g/mol. The summed E-state index contributed by atoms with van der Waals surface area (Å²) in [6, 6.07) is 1.79. The summed E-state index contributed by atoms with van der Waals surface area (Å²) in [5.41, 5.74) is -1.40. The summed E-state index contributed by atoms with van der Waals surface area (Å²) in [5.74, 6) is -0.829. The van der Waals surface area contributed by atoms with E-state index < -0.39 is 23.4 Å². The normalized spacial score (nSPS) is 28.8. The van der Waals surface area contributed by atoms with Crippen LogP contribution in [-0.4, -0.2) is 0 Å². The van der Waals surface area contributed by atoms with Crippen LogP contribution in [0.4, 0.5) is 22.0 Å². The molecule has 0 radical (unpaired) electrons. The van der Waals surface area contributed by atoms with Gasteiger partial charge in [0.15, 0.2) is 0 Å². The number of halogens is 5. The summed E-state index contributed by atoms with van der Waals surface area (Å²) in [5, 5.41) is 0. The Balaban J connectivity index is 1.52. The van der Waals surface area contributed by atoms with Gasteiger partial charge >= 0.3 is 6.18 Å². The van der Waals surface area contributed by atoms with Crippen molar-refractivity contribution in [2.45, 2.75) is 83.2 Å². The van der Waals surface area contributed by atoms with Gasteiger partial charge in [0.2, 0.25) is 0 Å². The van der Waals surface area contributed by atoms with Crippen molar-refractivity contribution in [3.8, 4) is 0 Å². The third kappa shape index (κ3) is 5.61. The lowest BCUT2D eigenvalue weighted by atomic mass is 9.68. The molecule has 0 nitrogen and oxygen atoms in total. The predicted octanol–water partition coefficient (Wildman–Crippen LogP) is 8.42. The SMILES string of the molecule is C/C=C/CCC1CCC(C2CCC(c3cc(F)c(C(F)(F)F)c(F)c3)CC2)CC1. The number of hydrogen-bond acceptors (Lipinski definition) is 0. The van der Waals surface area contributed by atoms with Gasteiger partial charge in [0.1, 0.15) is 17.2 Å². The van der Waals surface area contributed by atoms with E-state index in [1.165, 1.54) is 32.1 Å². The van der Waals surface area contributed by atoms with E-state index in [0.717, 1.165) is 56.1 Å². The summed E-state index contributed by atoms with van der Waals surface area (Å²) in [7, 11) is 0. The van der Waals surface area contributed by atoms with E-state index in [4.69, 9.17) is 0 Å². The topological polar surface area (TPSA) is 0 Å². The summed E-state index contributed by atoms with van der Waals surface area (Å²) < 4.78 is 66.1. The lowest BCUT2D eigenvalue weighted by Gasteiger charge is -2.38. The van der Waals surface area contributed by atoms with Crippen molar-refractivity contribution in [2.75, 3.05) is 0 Å². The van der Waals surface area contributed by atoms with Gasteiger partial charge in [-0.3, -0.25) is 0 Å². The predicted molar refractivity (Wildman–Crippen MR) is 106 cm³/mol. The molecule has 1 aromatic carbocycles. The highest BCUT2D eigenvalue weighted by Crippen LogP contribution is 2.45. The first kappa shape index (κ1) is 22.3. The monoisotopic (exact) mass is 414 g/mol. The first-order valence-corrected chi connectivity index (χ1v) is 11.0. The molecule has 0 amide bonds. The minimum absolute atomic E-state index is 0.0466. The molecule has 0 unspecified atom stereocenters. The third-order valence-corrected chi connectivity index (χ3v) is 7.13. The molecule has 2 saturated carbocycles. The van der Waals surface area contributed by atoms with E-state index in [2.05, 4.69) is 19.1 Å². The largest absolute Gasteiger partial charge is 0.422 e. The summed E-state index contributed by atoms with van der Waals surface area (Å²) in [6.07, 6.45) is 10.5. The van der Waals surface area contributed by atoms with Gasteiger partial charge in [-0.1, -0.05) is 25.0 Å². The fourth-order valence-corrected chi connectivity index (χ4v) is 5.47. The van der Waals surface area contributed by atoms with Crippen molar-refractivity contribution in [1.29, 1.82) is 0 Å². The molecule has 1 aromatic rings. The Morgan fingerprint density at radius 1 is 0.862 bits per heavy atom. The molecule has 0 atom stereocenters. The minimum atomic E-state index is -5.00. The second-order valence-electron chi connectivity index (χ2n) is 8.90. The Bertz CT molecular complexity index is 667. The van der Waals surface area contributed by atoms with Gasteiger partial charge in [0.05, 0.1) is 0 Å². The number of hydrogen-bond donors (Lipinski definition) is 0. The van der Waals surface area contributed by atoms with Crippen LogP contribution in [0.25, 0.3) is 0 Å². The minimum Gasteiger partial charge on any atom is -0.206 e. The quantitative estimate of drug-likeness (QED) is 0.335. The molecule has 2 aliphatic carbocycles. The Morgan fingerprint density at radius 2 is 1.38 bits per heavy atom. The molecule has 0 heterocycles. The van der Waals surface area contributed by atoms with Crippen molar-refractivity contribution in [3.63, 3.8) is 0 Å². The molecule has 5 heteroatoms. The van der Waals surface area contributed by atoms with Crippen LogP contribution >= 0.6 is 0 Å². The van der Waals surface area contributed by atoms with E-state index in [1.807, 2.05) is 0 Å². The molecule has 0 aromatic heterocycles. The van der Waals surface area contributed by atoms with E-state index in [0.29, 0.717) is 11.5 Å². The van der Waals surface area contributed by atoms with Crippen molar-refractivity contribution in [1.82, 2.24) is 0 Å². The van der Waals surface area contributed by atoms with Crippen molar-refractivity contribution < 1.29 is 22.0 Å². The zero-order chi connectivity index (χ0) is 21.0. The summed E-state index contributed by atoms with van der Waals surface area (Å²) >= 11 is 0. The molecule has 0 N–H and O–H groups in total. The van der Waals surface area contributed by atoms with E-state index in [-0.39, 0.29) is 5.92 Å². The first-order valence-electron chi connectivity index (χ1n) is 11.0. The van der Waals surface area contributed by atoms with E-state index >= 15 is 0 Å². The Kier molecular flexibility index (Phi) is 7.39. The molecule has 0 saturated heterocycles. The summed E-state index contributed by atoms with van der Waals surface area (Å²) in [6.45, 7) is 2.06. The first-order chi connectivity index (χ1) is 13.8. The maximum absolute atomic E-state index is 13.9. The Hall–Kier alpha value is -1.39. The molecule has 29 heavy (non-hydrogen) atoms. The second-order valence-corrected chi connectivity index (χ2v) is 8.90. The number of allylic oxidation sites excluding steroid dienone is 2.